The molecule has 0 radical (unpaired) electrons. The Morgan fingerprint density at radius 2 is 1.04 bits per heavy atom. The molecule has 0 aromatic carbocycles. The van der Waals surface area contributed by atoms with Crippen molar-refractivity contribution in [1.82, 2.24) is 51.4 Å². The van der Waals surface area contributed by atoms with Crippen molar-refractivity contribution in [2.24, 2.45) is 0 Å². The fourth-order valence-electron chi connectivity index (χ4n) is 5.65. The summed E-state index contributed by atoms with van der Waals surface area (Å²) in [6, 6.07) is 0. The van der Waals surface area contributed by atoms with E-state index in [1.54, 1.807) is 13.8 Å². The van der Waals surface area contributed by atoms with Crippen LogP contribution in [0.3, 0.4) is 0 Å². The lowest BCUT2D eigenvalue weighted by molar-refractivity contribution is -0.205. The number of hydrogen-bond donors (Lipinski definition) is 13. The number of aliphatic hydroxyl groups excluding tert-OH is 8. The first-order chi connectivity index (χ1) is 32.3. The highest BCUT2D eigenvalue weighted by atomic mass is 32.2. The van der Waals surface area contributed by atoms with Gasteiger partial charge < -0.3 is 76.9 Å². The van der Waals surface area contributed by atoms with E-state index in [1.165, 1.54) is 11.8 Å². The molecule has 2 aliphatic rings. The van der Waals surface area contributed by atoms with Crippen molar-refractivity contribution in [3.8, 4) is 0 Å². The number of aliphatic hydroxyl groups is 8. The predicted octanol–water partition coefficient (Wildman–Crippen LogP) is -3.30. The minimum absolute atomic E-state index is 0.00965. The first kappa shape index (κ1) is 59.7. The Labute approximate surface area is 400 Å². The van der Waals surface area contributed by atoms with Gasteiger partial charge in [-0.25, -0.2) is 0 Å². The molecule has 13 N–H and O–H groups in total. The second kappa shape index (κ2) is 32.4. The van der Waals surface area contributed by atoms with Crippen LogP contribution in [0, 0.1) is 24.7 Å². The van der Waals surface area contributed by atoms with Crippen LogP contribution in [0.15, 0.2) is 0 Å². The first-order valence-electron chi connectivity index (χ1n) is 21.6. The third kappa shape index (κ3) is 22.8. The number of aryl methyl sites for hydroxylation is 3. The summed E-state index contributed by atoms with van der Waals surface area (Å²) in [7, 11) is 0. The van der Waals surface area contributed by atoms with Gasteiger partial charge in [-0.05, 0) is 33.1 Å². The molecule has 4 rings (SSSR count). The molecule has 27 nitrogen and oxygen atoms in total. The molecule has 2 aromatic heterocycles. The minimum Gasteiger partial charge on any atom is -0.481 e. The molecule has 0 aliphatic carbocycles. The lowest BCUT2D eigenvalue weighted by Crippen LogP contribution is -2.57. The largest absolute Gasteiger partial charge is 0.481 e. The number of amides is 2. The molecule has 2 fully saturated rings. The molecule has 68 heavy (non-hydrogen) atoms. The van der Waals surface area contributed by atoms with Crippen LogP contribution in [0.2, 0.25) is 0 Å². The summed E-state index contributed by atoms with van der Waals surface area (Å²) in [6.07, 6.45) is -7.05. The Morgan fingerprint density at radius 3 is 1.51 bits per heavy atom. The topological polar surface area (TPSA) is 444 Å². The summed E-state index contributed by atoms with van der Waals surface area (Å²) in [4.78, 5) is 45.4. The Morgan fingerprint density at radius 1 is 0.588 bits per heavy atom. The number of thioether (sulfide) groups is 2. The van der Waals surface area contributed by atoms with Gasteiger partial charge in [-0.1, -0.05) is 6.92 Å². The average Bonchev–Trinajstić information content (AvgIpc) is 3.32. The fourth-order valence-corrected chi connectivity index (χ4v) is 7.89. The van der Waals surface area contributed by atoms with Crippen molar-refractivity contribution in [2.75, 3.05) is 31.3 Å². The number of ether oxygens (including phenoxy) is 2. The van der Waals surface area contributed by atoms with Crippen molar-refractivity contribution >= 4 is 58.5 Å². The van der Waals surface area contributed by atoms with Gasteiger partial charge in [0.05, 0.1) is 19.8 Å². The van der Waals surface area contributed by atoms with Gasteiger partial charge >= 0.3 is 5.97 Å². The third-order valence-electron chi connectivity index (χ3n) is 9.68. The second-order valence-corrected chi connectivity index (χ2v) is 17.5. The molecule has 4 heterocycles. The number of aliphatic carboxylic acids is 1. The van der Waals surface area contributed by atoms with Crippen LogP contribution in [0.1, 0.15) is 88.0 Å². The van der Waals surface area contributed by atoms with Crippen molar-refractivity contribution < 1.29 is 74.6 Å². The summed E-state index contributed by atoms with van der Waals surface area (Å²) in [5.74, 6) is 0.856. The van der Waals surface area contributed by atoms with Crippen LogP contribution in [0.5, 0.6) is 0 Å². The van der Waals surface area contributed by atoms with Gasteiger partial charge in [-0.15, -0.1) is 64.3 Å². The maximum Gasteiger partial charge on any atom is 0.303 e. The van der Waals surface area contributed by atoms with E-state index in [2.05, 4.69) is 51.4 Å². The molecule has 2 saturated heterocycles. The lowest BCUT2D eigenvalue weighted by Gasteiger charge is -2.39. The van der Waals surface area contributed by atoms with Gasteiger partial charge in [-0.2, -0.15) is 0 Å². The van der Waals surface area contributed by atoms with Gasteiger partial charge in [0, 0.05) is 74.4 Å². The molecule has 0 bridgehead atoms. The predicted molar refractivity (Wildman–Crippen MR) is 241 cm³/mol. The monoisotopic (exact) mass is 1000 g/mol. The van der Waals surface area contributed by atoms with E-state index >= 15 is 0 Å². The smallest absolute Gasteiger partial charge is 0.303 e. The van der Waals surface area contributed by atoms with Crippen molar-refractivity contribution in [3.63, 3.8) is 0 Å². The maximum absolute atomic E-state index is 11.9. The number of Topliss-reactive ketones (excluding diaryl/α,β-unsaturated/α-hetero) is 1. The summed E-state index contributed by atoms with van der Waals surface area (Å²) >= 11 is 2.25. The number of aromatic nitrogens is 8. The molecule has 2 aliphatic heterocycles. The van der Waals surface area contributed by atoms with Gasteiger partial charge in [0.1, 0.15) is 65.5 Å². The summed E-state index contributed by atoms with van der Waals surface area (Å²) in [5, 5.41) is 136. The molecule has 2 aromatic rings. The molecular formula is C39H64N12O15S2. The average molecular weight is 1010 g/mol. The maximum atomic E-state index is 11.9. The highest BCUT2D eigenvalue weighted by molar-refractivity contribution is 8.00. The molecule has 29 heteroatoms. The number of nitrogens with one attached hydrogen (secondary N) is 4. The van der Waals surface area contributed by atoms with Gasteiger partial charge in [0.25, 0.3) is 0 Å². The molecular weight excluding hydrogens is 941 g/mol. The highest BCUT2D eigenvalue weighted by Crippen LogP contribution is 2.30. The van der Waals surface area contributed by atoms with E-state index in [0.29, 0.717) is 66.9 Å². The number of carboxylic acids is 1. The van der Waals surface area contributed by atoms with Gasteiger partial charge in [0.2, 0.25) is 11.8 Å². The standard InChI is InChI=1S/C19H31N7O7S.C10H14N4O3.C10H19NO5S/c1-10-23-25-13(26-24-10)7-22-15(29)4-2-3-14(28)21-6-5-11(20)9-34-19-18(32)17(31)16(30)12(8-27)33-19;1-7-11-13-9(14-12-7)6-5-8(15)3-2-4-10(16)17;1-2-5(11)4-17-10-9(15)8(14)7(13)6(3-12)16-10/h12,16-20,27,30-32H,2-9H2,1H3,(H,21,28)(H,22,29);2-6H2,1H3,(H,16,17);6-15H,2-4H2,1H3. The lowest BCUT2D eigenvalue weighted by atomic mass is 10.0. The van der Waals surface area contributed by atoms with Gasteiger partial charge in [0.15, 0.2) is 23.3 Å². The van der Waals surface area contributed by atoms with Crippen LogP contribution in [-0.2, 0) is 41.6 Å². The van der Waals surface area contributed by atoms with Crippen LogP contribution < -0.4 is 10.6 Å². The van der Waals surface area contributed by atoms with E-state index < -0.39 is 78.9 Å². The van der Waals surface area contributed by atoms with Crippen molar-refractivity contribution in [3.05, 3.63) is 23.3 Å². The Balaban J connectivity index is 0.000000390. The number of hydrogen-bond acceptors (Lipinski definition) is 26. The zero-order valence-electron chi connectivity index (χ0n) is 38.0. The van der Waals surface area contributed by atoms with Crippen LogP contribution in [0.4, 0.5) is 0 Å². The van der Waals surface area contributed by atoms with Crippen molar-refractivity contribution in [1.29, 1.82) is 10.8 Å². The highest BCUT2D eigenvalue weighted by Gasteiger charge is 2.44. The second-order valence-electron chi connectivity index (χ2n) is 15.3. The third-order valence-corrected chi connectivity index (χ3v) is 12.1. The molecule has 382 valence electrons. The van der Waals surface area contributed by atoms with E-state index in [9.17, 15) is 54.9 Å². The summed E-state index contributed by atoms with van der Waals surface area (Å²) in [6.45, 7) is 4.60. The molecule has 10 atom stereocenters. The SMILES string of the molecule is CCC(=N)CSC1OC(CO)C(O)C(O)C1O.Cc1nnc(CCC(=O)CCCC(=O)O)nn1.Cc1nnc(CNC(=O)CCCC(=O)NCCC(=N)CSC2OC(CO)C(O)C(O)C2O)nn1. The van der Waals surface area contributed by atoms with E-state index in [-0.39, 0.29) is 74.3 Å². The zero-order valence-corrected chi connectivity index (χ0v) is 39.6. The number of rotatable bonds is 25. The van der Waals surface area contributed by atoms with Gasteiger partial charge in [-0.3, -0.25) is 19.2 Å². The van der Waals surface area contributed by atoms with E-state index in [1.807, 2.05) is 6.92 Å². The van der Waals surface area contributed by atoms with Crippen LogP contribution in [-0.4, -0.2) is 213 Å². The molecule has 0 spiro atoms. The fraction of sp³-hybridized carbons (Fsp3) is 0.744. The number of nitrogens with zero attached hydrogens (tertiary/aromatic N) is 8. The molecule has 0 saturated carbocycles. The van der Waals surface area contributed by atoms with Crippen molar-refractivity contribution in [2.45, 2.75) is 151 Å². The molecule has 2 amide bonds. The number of carbonyl (C=O) groups excluding carboxylic acids is 3. The Hall–Kier alpha value is -4.40. The minimum atomic E-state index is -1.45. The van der Waals surface area contributed by atoms with E-state index in [0.717, 1.165) is 11.8 Å². The summed E-state index contributed by atoms with van der Waals surface area (Å²) in [5.41, 5.74) is -0.852. The number of carboxylic acid groups (broad SMARTS) is 1. The van der Waals surface area contributed by atoms with E-state index in [4.69, 9.17) is 30.5 Å². The summed E-state index contributed by atoms with van der Waals surface area (Å²) < 4.78 is 10.7. The first-order valence-corrected chi connectivity index (χ1v) is 23.7. The Bertz CT molecular complexity index is 1860. The quantitative estimate of drug-likeness (QED) is 0.0433. The van der Waals surface area contributed by atoms with Crippen LogP contribution >= 0.6 is 23.5 Å². The number of ketones is 1. The van der Waals surface area contributed by atoms with Crippen LogP contribution in [0.25, 0.3) is 0 Å². The molecule has 10 unspecified atom stereocenters. The normalized spacial score (nSPS) is 24.3. The number of carbonyl (C=O) groups is 4. The zero-order chi connectivity index (χ0) is 50.8. The Kier molecular flexibility index (Phi) is 28.5.